The predicted octanol–water partition coefficient (Wildman–Crippen LogP) is 7.15. The number of H-pyrrole nitrogens is 1. The number of nitrogens with zero attached hydrogens (tertiary/aromatic N) is 2. The molecule has 0 amide bonds. The van der Waals surface area contributed by atoms with Crippen LogP contribution in [0.5, 0.6) is 0 Å². The van der Waals surface area contributed by atoms with Crippen molar-refractivity contribution in [3.63, 3.8) is 0 Å². The molecule has 8 heteroatoms. The first kappa shape index (κ1) is 26.0. The highest BCUT2D eigenvalue weighted by atomic mass is 32.2. The number of ether oxygens (including phenoxy) is 1. The van der Waals surface area contributed by atoms with Gasteiger partial charge >= 0.3 is 0 Å². The Morgan fingerprint density at radius 3 is 2.69 bits per heavy atom. The van der Waals surface area contributed by atoms with Gasteiger partial charge in [0.15, 0.2) is 0 Å². The molecule has 1 atom stereocenters. The van der Waals surface area contributed by atoms with Crippen LogP contribution in [-0.2, 0) is 4.74 Å². The predicted molar refractivity (Wildman–Crippen MR) is 160 cm³/mol. The molecule has 0 spiro atoms. The zero-order valence-corrected chi connectivity index (χ0v) is 23.8. The molecule has 4 heterocycles. The van der Waals surface area contributed by atoms with Crippen LogP contribution in [0.3, 0.4) is 0 Å². The molecule has 2 N–H and O–H groups in total. The maximum Gasteiger partial charge on any atom is 0.250 e. The Hall–Kier alpha value is -3.20. The third-order valence-electron chi connectivity index (χ3n) is 7.06. The van der Waals surface area contributed by atoms with Gasteiger partial charge in [0.1, 0.15) is 0 Å². The maximum absolute atomic E-state index is 12.6. The van der Waals surface area contributed by atoms with Gasteiger partial charge in [-0.25, -0.2) is 0 Å². The van der Waals surface area contributed by atoms with E-state index in [1.165, 1.54) is 25.1 Å². The number of rotatable bonds is 7. The fourth-order valence-corrected chi connectivity index (χ4v) is 7.46. The van der Waals surface area contributed by atoms with Crippen molar-refractivity contribution in [2.75, 3.05) is 36.5 Å². The number of hydrogen-bond donors (Lipinski definition) is 2. The van der Waals surface area contributed by atoms with Gasteiger partial charge in [-0.2, -0.15) is 0 Å². The molecule has 39 heavy (non-hydrogen) atoms. The van der Waals surface area contributed by atoms with E-state index in [4.69, 9.17) is 4.74 Å². The first-order valence-corrected chi connectivity index (χ1v) is 15.1. The molecule has 1 unspecified atom stereocenters. The minimum absolute atomic E-state index is 0.0825. The molecule has 6 nitrogen and oxygen atoms in total. The van der Waals surface area contributed by atoms with Crippen LogP contribution in [-0.4, -0.2) is 36.3 Å². The Morgan fingerprint density at radius 1 is 1.03 bits per heavy atom. The molecule has 1 fully saturated rings. The number of aromatic amines is 1. The van der Waals surface area contributed by atoms with Crippen LogP contribution in [0.4, 0.5) is 11.4 Å². The van der Waals surface area contributed by atoms with Crippen LogP contribution in [0.25, 0.3) is 11.3 Å². The molecular formula is C31H32N4O2S2. The molecule has 2 aliphatic rings. The second-order valence-electron chi connectivity index (χ2n) is 9.96. The van der Waals surface area contributed by atoms with Gasteiger partial charge in [0.25, 0.3) is 0 Å². The average molecular weight is 557 g/mol. The molecule has 2 aromatic heterocycles. The van der Waals surface area contributed by atoms with Crippen LogP contribution in [0.2, 0.25) is 0 Å². The topological polar surface area (TPSA) is 70.2 Å². The number of aryl methyl sites for hydroxylation is 1. The van der Waals surface area contributed by atoms with Gasteiger partial charge < -0.3 is 19.9 Å². The molecule has 0 radical (unpaired) electrons. The summed E-state index contributed by atoms with van der Waals surface area (Å²) in [6.07, 6.45) is 4.04. The van der Waals surface area contributed by atoms with Crippen LogP contribution in [0.15, 0.2) is 91.2 Å². The van der Waals surface area contributed by atoms with E-state index in [0.717, 1.165) is 54.3 Å². The van der Waals surface area contributed by atoms with Crippen molar-refractivity contribution < 1.29 is 4.74 Å². The van der Waals surface area contributed by atoms with Crippen molar-refractivity contribution in [1.82, 2.24) is 9.97 Å². The number of benzene rings is 2. The highest BCUT2D eigenvalue weighted by molar-refractivity contribution is 8.05. The van der Waals surface area contributed by atoms with E-state index < -0.39 is 0 Å². The van der Waals surface area contributed by atoms with Gasteiger partial charge in [-0.05, 0) is 55.3 Å². The zero-order valence-electron chi connectivity index (χ0n) is 22.2. The maximum atomic E-state index is 12.6. The lowest BCUT2D eigenvalue weighted by molar-refractivity contribution is 0.122. The number of anilines is 2. The zero-order chi connectivity index (χ0) is 26.8. The van der Waals surface area contributed by atoms with Crippen molar-refractivity contribution in [1.29, 1.82) is 0 Å². The molecule has 2 aromatic carbocycles. The van der Waals surface area contributed by atoms with Crippen molar-refractivity contribution >= 4 is 34.9 Å². The molecule has 0 bridgehead atoms. The van der Waals surface area contributed by atoms with E-state index in [9.17, 15) is 4.79 Å². The van der Waals surface area contributed by atoms with E-state index in [-0.39, 0.29) is 11.6 Å². The van der Waals surface area contributed by atoms with Crippen LogP contribution >= 0.6 is 23.5 Å². The summed E-state index contributed by atoms with van der Waals surface area (Å²) in [5.74, 6) is 0. The van der Waals surface area contributed by atoms with Crippen LogP contribution in [0.1, 0.15) is 37.1 Å². The van der Waals surface area contributed by atoms with Crippen LogP contribution < -0.4 is 15.8 Å². The first-order chi connectivity index (χ1) is 19.1. The van der Waals surface area contributed by atoms with Crippen molar-refractivity contribution in [3.8, 4) is 11.3 Å². The number of morpholine rings is 1. The molecule has 200 valence electrons. The van der Waals surface area contributed by atoms with Gasteiger partial charge in [-0.3, -0.25) is 9.78 Å². The second-order valence-corrected chi connectivity index (χ2v) is 12.1. The summed E-state index contributed by atoms with van der Waals surface area (Å²) in [4.78, 5) is 27.5. The summed E-state index contributed by atoms with van der Waals surface area (Å²) in [5, 5.41) is 3.73. The summed E-state index contributed by atoms with van der Waals surface area (Å²) < 4.78 is 5.50. The standard InChI is InChI=1S/C31H32N4O2S2/c1-3-5-25(24-10-8-20(2)19-32-24)33-21-9-11-27-29(16-21)38-28-7-4-6-23(31(28)39-27)26-17-22(18-30(36)34-26)35-12-14-37-15-13-35/h4,6-11,16-19,25,33H,3,5,12-15H2,1-2H3,(H,34,36). The fourth-order valence-electron chi connectivity index (χ4n) is 5.05. The Labute approximate surface area is 237 Å². The lowest BCUT2D eigenvalue weighted by Crippen LogP contribution is -2.36. The smallest absolute Gasteiger partial charge is 0.250 e. The third kappa shape index (κ3) is 5.73. The van der Waals surface area contributed by atoms with Gasteiger partial charge in [0.05, 0.1) is 30.6 Å². The monoisotopic (exact) mass is 556 g/mol. The SMILES string of the molecule is CCCC(Nc1ccc2c(c1)Sc1cccc(-c3cc(N4CCOCC4)cc(=O)[nH]3)c1S2)c1ccc(C)cn1. The number of pyridine rings is 2. The quantitative estimate of drug-likeness (QED) is 0.221. The van der Waals surface area contributed by atoms with Gasteiger partial charge in [0, 0.05) is 61.9 Å². The Kier molecular flexibility index (Phi) is 7.68. The Morgan fingerprint density at radius 2 is 1.90 bits per heavy atom. The van der Waals surface area contributed by atoms with E-state index in [2.05, 4.69) is 88.6 Å². The summed E-state index contributed by atoms with van der Waals surface area (Å²) in [6, 6.07) is 21.2. The average Bonchev–Trinajstić information content (AvgIpc) is 2.96. The number of fused-ring (bicyclic) bond motifs is 2. The fraction of sp³-hybridized carbons (Fsp3) is 0.290. The largest absolute Gasteiger partial charge is 0.378 e. The normalized spacial score (nSPS) is 15.4. The number of aromatic nitrogens is 2. The molecular weight excluding hydrogens is 525 g/mol. The Balaban J connectivity index is 1.27. The van der Waals surface area contributed by atoms with Gasteiger partial charge in [-0.15, -0.1) is 0 Å². The van der Waals surface area contributed by atoms with Crippen molar-refractivity contribution in [2.24, 2.45) is 0 Å². The lowest BCUT2D eigenvalue weighted by Gasteiger charge is -2.29. The minimum Gasteiger partial charge on any atom is -0.378 e. The van der Waals surface area contributed by atoms with E-state index in [1.54, 1.807) is 29.6 Å². The van der Waals surface area contributed by atoms with E-state index >= 15 is 0 Å². The summed E-state index contributed by atoms with van der Waals surface area (Å²) in [5.41, 5.74) is 6.12. The molecule has 1 saturated heterocycles. The molecule has 2 aliphatic heterocycles. The van der Waals surface area contributed by atoms with Gasteiger partial charge in [0.2, 0.25) is 5.56 Å². The number of nitrogens with one attached hydrogen (secondary N) is 2. The first-order valence-electron chi connectivity index (χ1n) is 13.5. The third-order valence-corrected chi connectivity index (χ3v) is 9.66. The van der Waals surface area contributed by atoms with E-state index in [0.29, 0.717) is 13.2 Å². The van der Waals surface area contributed by atoms with Gasteiger partial charge in [-0.1, -0.05) is 55.1 Å². The van der Waals surface area contributed by atoms with Crippen molar-refractivity contribution in [3.05, 3.63) is 88.5 Å². The van der Waals surface area contributed by atoms with Crippen molar-refractivity contribution in [2.45, 2.75) is 52.3 Å². The molecule has 0 saturated carbocycles. The number of hydrogen-bond acceptors (Lipinski definition) is 7. The van der Waals surface area contributed by atoms with E-state index in [1.807, 2.05) is 6.20 Å². The molecule has 4 aromatic rings. The molecule has 0 aliphatic carbocycles. The summed E-state index contributed by atoms with van der Waals surface area (Å²) in [6.45, 7) is 7.24. The Bertz CT molecular complexity index is 1530. The lowest BCUT2D eigenvalue weighted by atomic mass is 10.1. The summed E-state index contributed by atoms with van der Waals surface area (Å²) in [7, 11) is 0. The summed E-state index contributed by atoms with van der Waals surface area (Å²) >= 11 is 3.56. The molecule has 6 rings (SSSR count). The van der Waals surface area contributed by atoms with Crippen LogP contribution in [0, 0.1) is 6.92 Å². The second kappa shape index (κ2) is 11.5. The highest BCUT2D eigenvalue weighted by Crippen LogP contribution is 2.52. The highest BCUT2D eigenvalue weighted by Gasteiger charge is 2.23. The minimum atomic E-state index is -0.0825.